The first-order valence-electron chi connectivity index (χ1n) is 6.53. The van der Waals surface area contributed by atoms with E-state index in [0.29, 0.717) is 6.42 Å². The van der Waals surface area contributed by atoms with Crippen LogP contribution in [0.15, 0.2) is 30.6 Å². The molecule has 0 bridgehead atoms. The molecule has 1 aromatic heterocycles. The van der Waals surface area contributed by atoms with Crippen molar-refractivity contribution >= 4 is 5.97 Å². The third-order valence-corrected chi connectivity index (χ3v) is 3.10. The maximum absolute atomic E-state index is 11.7. The van der Waals surface area contributed by atoms with Gasteiger partial charge in [0.05, 0.1) is 6.42 Å². The van der Waals surface area contributed by atoms with E-state index in [1.165, 1.54) is 0 Å². The van der Waals surface area contributed by atoms with Gasteiger partial charge in [-0.2, -0.15) is 0 Å². The first kappa shape index (κ1) is 14.7. The summed E-state index contributed by atoms with van der Waals surface area (Å²) in [6.07, 6.45) is 5.24. The molecule has 0 unspecified atom stereocenters. The molecule has 1 atom stereocenters. The van der Waals surface area contributed by atoms with Gasteiger partial charge in [0.2, 0.25) is 0 Å². The van der Waals surface area contributed by atoms with Crippen molar-refractivity contribution in [3.05, 3.63) is 30.6 Å². The quantitative estimate of drug-likeness (QED) is 0.594. The second kappa shape index (κ2) is 6.53. The summed E-state index contributed by atoms with van der Waals surface area (Å²) < 4.78 is 7.47. The molecule has 0 aromatic carbocycles. The van der Waals surface area contributed by atoms with Gasteiger partial charge in [-0.3, -0.25) is 4.79 Å². The smallest absolute Gasteiger partial charge is 0.306 e. The van der Waals surface area contributed by atoms with Crippen molar-refractivity contribution in [1.82, 2.24) is 0 Å². The minimum atomic E-state index is -0.103. The van der Waals surface area contributed by atoms with Crippen LogP contribution in [0.1, 0.15) is 40.5 Å². The van der Waals surface area contributed by atoms with E-state index in [4.69, 9.17) is 4.74 Å². The van der Waals surface area contributed by atoms with Gasteiger partial charge < -0.3 is 4.74 Å². The zero-order valence-electron chi connectivity index (χ0n) is 11.8. The lowest BCUT2D eigenvalue weighted by Gasteiger charge is -2.26. The average Bonchev–Trinajstić information content (AvgIpc) is 2.29. The van der Waals surface area contributed by atoms with Gasteiger partial charge >= 0.3 is 5.97 Å². The van der Waals surface area contributed by atoms with Crippen LogP contribution in [0.2, 0.25) is 0 Å². The normalized spacial score (nSPS) is 13.1. The van der Waals surface area contributed by atoms with E-state index in [1.54, 1.807) is 0 Å². The van der Waals surface area contributed by atoms with E-state index < -0.39 is 0 Å². The van der Waals surface area contributed by atoms with Crippen LogP contribution in [0.3, 0.4) is 0 Å². The van der Waals surface area contributed by atoms with Gasteiger partial charge in [-0.1, -0.05) is 26.8 Å². The molecule has 0 aliphatic heterocycles. The first-order chi connectivity index (χ1) is 8.39. The van der Waals surface area contributed by atoms with Gasteiger partial charge in [0.1, 0.15) is 12.6 Å². The topological polar surface area (TPSA) is 30.2 Å². The number of rotatable bonds is 5. The monoisotopic (exact) mass is 250 g/mol. The molecule has 0 aliphatic rings. The van der Waals surface area contributed by atoms with E-state index in [0.717, 1.165) is 13.0 Å². The minimum absolute atomic E-state index is 0.00381. The van der Waals surface area contributed by atoms with Crippen LogP contribution in [-0.4, -0.2) is 12.1 Å². The number of carbonyl (C=O) groups is 1. The van der Waals surface area contributed by atoms with Gasteiger partial charge in [0.15, 0.2) is 12.4 Å². The van der Waals surface area contributed by atoms with Crippen LogP contribution in [0.5, 0.6) is 0 Å². The number of esters is 1. The molecule has 0 spiro atoms. The van der Waals surface area contributed by atoms with Gasteiger partial charge in [-0.15, -0.1) is 0 Å². The Morgan fingerprint density at radius 3 is 2.39 bits per heavy atom. The highest BCUT2D eigenvalue weighted by molar-refractivity contribution is 5.69. The van der Waals surface area contributed by atoms with Crippen LogP contribution in [0.25, 0.3) is 0 Å². The molecule has 0 saturated heterocycles. The summed E-state index contributed by atoms with van der Waals surface area (Å²) in [7, 11) is 0. The van der Waals surface area contributed by atoms with E-state index in [1.807, 2.05) is 37.5 Å². The Bertz CT molecular complexity index is 368. The fraction of sp³-hybridized carbons (Fsp3) is 0.600. The predicted octanol–water partition coefficient (Wildman–Crippen LogP) is 2.73. The number of nitrogens with zero attached hydrogens (tertiary/aromatic N) is 1. The summed E-state index contributed by atoms with van der Waals surface area (Å²) in [5.41, 5.74) is 0.00381. The number of hydrogen-bond donors (Lipinski definition) is 0. The van der Waals surface area contributed by atoms with Gasteiger partial charge in [-0.05, 0) is 12.3 Å². The summed E-state index contributed by atoms with van der Waals surface area (Å²) in [5.74, 6) is -0.103. The summed E-state index contributed by atoms with van der Waals surface area (Å²) in [6, 6.07) is 5.95. The van der Waals surface area contributed by atoms with E-state index in [-0.39, 0.29) is 17.5 Å². The van der Waals surface area contributed by atoms with Crippen LogP contribution >= 0.6 is 0 Å². The molecule has 3 nitrogen and oxygen atoms in total. The number of hydrogen-bond acceptors (Lipinski definition) is 2. The molecule has 18 heavy (non-hydrogen) atoms. The fourth-order valence-corrected chi connectivity index (χ4v) is 1.42. The molecule has 0 aliphatic carbocycles. The Balaban J connectivity index is 2.26. The Labute approximate surface area is 110 Å². The Morgan fingerprint density at radius 2 is 1.83 bits per heavy atom. The number of ether oxygens (including phenoxy) is 1. The van der Waals surface area contributed by atoms with Crippen molar-refractivity contribution in [3.8, 4) is 0 Å². The maximum atomic E-state index is 11.7. The van der Waals surface area contributed by atoms with Crippen LogP contribution in [0, 0.1) is 5.41 Å². The van der Waals surface area contributed by atoms with Crippen LogP contribution in [-0.2, 0) is 16.1 Å². The molecule has 1 rings (SSSR count). The molecular weight excluding hydrogens is 226 g/mol. The Morgan fingerprint density at radius 1 is 1.22 bits per heavy atom. The highest BCUT2D eigenvalue weighted by Crippen LogP contribution is 2.22. The van der Waals surface area contributed by atoms with Crippen molar-refractivity contribution in [2.45, 2.75) is 53.2 Å². The Hall–Kier alpha value is -1.38. The van der Waals surface area contributed by atoms with Gasteiger partial charge in [0.25, 0.3) is 0 Å². The third kappa shape index (κ3) is 5.30. The molecule has 1 heterocycles. The van der Waals surface area contributed by atoms with E-state index in [2.05, 4.69) is 25.3 Å². The molecule has 0 amide bonds. The molecule has 3 heteroatoms. The first-order valence-corrected chi connectivity index (χ1v) is 6.53. The fourth-order valence-electron chi connectivity index (χ4n) is 1.42. The third-order valence-electron chi connectivity index (χ3n) is 3.10. The number of pyridine rings is 1. The molecule has 0 saturated carbocycles. The second-order valence-corrected chi connectivity index (χ2v) is 5.71. The maximum Gasteiger partial charge on any atom is 0.306 e. The number of aryl methyl sites for hydroxylation is 1. The summed E-state index contributed by atoms with van der Waals surface area (Å²) in [5, 5.41) is 0. The zero-order chi connectivity index (χ0) is 13.6. The summed E-state index contributed by atoms with van der Waals surface area (Å²) >= 11 is 0. The van der Waals surface area contributed by atoms with Crippen molar-refractivity contribution in [3.63, 3.8) is 0 Å². The molecule has 1 aromatic rings. The summed E-state index contributed by atoms with van der Waals surface area (Å²) in [4.78, 5) is 11.7. The van der Waals surface area contributed by atoms with Gasteiger partial charge in [-0.25, -0.2) is 4.57 Å². The number of carbonyl (C=O) groups excluding carboxylic acids is 1. The lowest BCUT2D eigenvalue weighted by molar-refractivity contribution is -0.697. The highest BCUT2D eigenvalue weighted by Gasteiger charge is 2.23. The molecule has 0 fully saturated rings. The lowest BCUT2D eigenvalue weighted by Crippen LogP contribution is -2.33. The van der Waals surface area contributed by atoms with Crippen LogP contribution < -0.4 is 4.57 Å². The zero-order valence-corrected chi connectivity index (χ0v) is 11.8. The molecule has 0 radical (unpaired) electrons. The average molecular weight is 250 g/mol. The van der Waals surface area contributed by atoms with Crippen LogP contribution in [0.4, 0.5) is 0 Å². The number of aromatic nitrogens is 1. The molecule has 0 N–H and O–H groups in total. The summed E-state index contributed by atoms with van der Waals surface area (Å²) in [6.45, 7) is 9.02. The van der Waals surface area contributed by atoms with Crippen molar-refractivity contribution in [2.75, 3.05) is 0 Å². The van der Waals surface area contributed by atoms with Gasteiger partial charge in [0, 0.05) is 18.6 Å². The standard InChI is InChI=1S/C15H24NO2/c1-13(15(2,3)4)18-14(17)9-8-12-16-10-6-5-7-11-16/h5-7,10-11,13H,8-9,12H2,1-4H3/q+1/t13-/m1/s1. The SMILES string of the molecule is C[C@@H](OC(=O)CCC[n+]1ccccc1)C(C)(C)C. The van der Waals surface area contributed by atoms with Crippen molar-refractivity contribution in [1.29, 1.82) is 0 Å². The predicted molar refractivity (Wildman–Crippen MR) is 70.9 cm³/mol. The largest absolute Gasteiger partial charge is 0.462 e. The van der Waals surface area contributed by atoms with Crippen molar-refractivity contribution in [2.24, 2.45) is 5.41 Å². The molecule has 100 valence electrons. The molecular formula is C15H24NO2+. The van der Waals surface area contributed by atoms with Crippen molar-refractivity contribution < 1.29 is 14.1 Å². The second-order valence-electron chi connectivity index (χ2n) is 5.71. The minimum Gasteiger partial charge on any atom is -0.462 e. The highest BCUT2D eigenvalue weighted by atomic mass is 16.5. The Kier molecular flexibility index (Phi) is 5.32. The lowest BCUT2D eigenvalue weighted by atomic mass is 9.90. The van der Waals surface area contributed by atoms with E-state index >= 15 is 0 Å². The van der Waals surface area contributed by atoms with E-state index in [9.17, 15) is 4.79 Å².